The van der Waals surface area contributed by atoms with Crippen LogP contribution in [0.15, 0.2) is 27.7 Å². The van der Waals surface area contributed by atoms with Gasteiger partial charge < -0.3 is 15.4 Å². The third-order valence-electron chi connectivity index (χ3n) is 3.81. The number of hydrogen-bond acceptors (Lipinski definition) is 4. The number of guanidine groups is 1. The number of fused-ring (bicyclic) bond motifs is 2. The van der Waals surface area contributed by atoms with Crippen LogP contribution in [0, 0.1) is 0 Å². The monoisotopic (exact) mass is 365 g/mol. The van der Waals surface area contributed by atoms with Crippen LogP contribution < -0.4 is 15.4 Å². The SMILES string of the molecule is CC(C)NC1=NC(=O)C2(CC(C)(C)Oc3ccc(Br)cc32)N1. The lowest BCUT2D eigenvalue weighted by molar-refractivity contribution is -0.126. The second-order valence-corrected chi connectivity index (χ2v) is 7.69. The van der Waals surface area contributed by atoms with Gasteiger partial charge in [0.25, 0.3) is 5.91 Å². The molecule has 1 spiro atoms. The highest BCUT2D eigenvalue weighted by molar-refractivity contribution is 9.10. The number of benzene rings is 1. The van der Waals surface area contributed by atoms with Gasteiger partial charge in [-0.25, -0.2) is 0 Å². The van der Waals surface area contributed by atoms with Gasteiger partial charge in [0, 0.05) is 22.5 Å². The Morgan fingerprint density at radius 2 is 2.14 bits per heavy atom. The van der Waals surface area contributed by atoms with Crippen LogP contribution in [-0.2, 0) is 10.3 Å². The molecule has 1 aromatic rings. The quantitative estimate of drug-likeness (QED) is 0.802. The minimum atomic E-state index is -0.863. The van der Waals surface area contributed by atoms with Crippen LogP contribution in [0.2, 0.25) is 0 Å². The highest BCUT2D eigenvalue weighted by Crippen LogP contribution is 2.46. The predicted molar refractivity (Wildman–Crippen MR) is 89.0 cm³/mol. The molecule has 0 bridgehead atoms. The number of nitrogens with one attached hydrogen (secondary N) is 2. The maximum Gasteiger partial charge on any atom is 0.279 e. The van der Waals surface area contributed by atoms with E-state index < -0.39 is 11.1 Å². The largest absolute Gasteiger partial charge is 0.487 e. The molecule has 2 aliphatic rings. The first-order valence-corrected chi connectivity index (χ1v) is 8.18. The molecular weight excluding hydrogens is 346 g/mol. The zero-order valence-corrected chi connectivity index (χ0v) is 14.7. The average Bonchev–Trinajstić information content (AvgIpc) is 2.65. The third kappa shape index (κ3) is 2.49. The lowest BCUT2D eigenvalue weighted by atomic mass is 9.77. The molecule has 1 unspecified atom stereocenters. The van der Waals surface area contributed by atoms with Crippen molar-refractivity contribution >= 4 is 27.8 Å². The summed E-state index contributed by atoms with van der Waals surface area (Å²) in [5.74, 6) is 1.08. The molecule has 2 heterocycles. The molecule has 0 saturated heterocycles. The summed E-state index contributed by atoms with van der Waals surface area (Å²) < 4.78 is 6.95. The molecule has 1 aromatic carbocycles. The third-order valence-corrected chi connectivity index (χ3v) is 4.31. The number of hydrogen-bond donors (Lipinski definition) is 2. The Hall–Kier alpha value is -1.56. The van der Waals surface area contributed by atoms with E-state index in [0.717, 1.165) is 15.8 Å². The van der Waals surface area contributed by atoms with Crippen molar-refractivity contribution in [3.05, 3.63) is 28.2 Å². The fraction of sp³-hybridized carbons (Fsp3) is 0.500. The van der Waals surface area contributed by atoms with Crippen LogP contribution in [0.3, 0.4) is 0 Å². The molecule has 3 rings (SSSR count). The van der Waals surface area contributed by atoms with Gasteiger partial charge in [0.15, 0.2) is 5.54 Å². The summed E-state index contributed by atoms with van der Waals surface area (Å²) in [6, 6.07) is 5.94. The summed E-state index contributed by atoms with van der Waals surface area (Å²) in [4.78, 5) is 16.9. The standard InChI is InChI=1S/C16H20BrN3O2/c1-9(2)18-14-19-13(21)16(20-14)8-15(3,4)22-12-6-5-10(17)7-11(12)16/h5-7,9H,8H2,1-4H3,(H2,18,19,20,21). The summed E-state index contributed by atoms with van der Waals surface area (Å²) in [6.45, 7) is 8.00. The Morgan fingerprint density at radius 1 is 1.41 bits per heavy atom. The lowest BCUT2D eigenvalue weighted by Gasteiger charge is -2.42. The maximum absolute atomic E-state index is 12.7. The molecule has 0 aliphatic carbocycles. The van der Waals surface area contributed by atoms with Crippen LogP contribution >= 0.6 is 15.9 Å². The van der Waals surface area contributed by atoms with E-state index in [0.29, 0.717) is 12.4 Å². The first-order chi connectivity index (χ1) is 10.2. The van der Waals surface area contributed by atoms with E-state index in [1.165, 1.54) is 0 Å². The molecule has 6 heteroatoms. The molecule has 0 fully saturated rings. The first kappa shape index (κ1) is 15.3. The Kier molecular flexibility index (Phi) is 3.47. The van der Waals surface area contributed by atoms with Gasteiger partial charge in [-0.15, -0.1) is 0 Å². The van der Waals surface area contributed by atoms with Gasteiger partial charge in [-0.1, -0.05) is 15.9 Å². The van der Waals surface area contributed by atoms with Crippen LogP contribution in [0.25, 0.3) is 0 Å². The number of nitrogens with zero attached hydrogens (tertiary/aromatic N) is 1. The van der Waals surface area contributed by atoms with Crippen molar-refractivity contribution in [1.29, 1.82) is 0 Å². The van der Waals surface area contributed by atoms with E-state index in [2.05, 4.69) is 31.6 Å². The van der Waals surface area contributed by atoms with Crippen molar-refractivity contribution in [3.63, 3.8) is 0 Å². The number of carbonyl (C=O) groups excluding carboxylic acids is 1. The second kappa shape index (κ2) is 4.98. The number of halogens is 1. The minimum absolute atomic E-state index is 0.175. The fourth-order valence-corrected chi connectivity index (χ4v) is 3.48. The van der Waals surface area contributed by atoms with Crippen LogP contribution in [0.1, 0.15) is 39.7 Å². The van der Waals surface area contributed by atoms with Gasteiger partial charge >= 0.3 is 0 Å². The number of aliphatic imine (C=N–C) groups is 1. The summed E-state index contributed by atoms with van der Waals surface area (Å²) in [6.07, 6.45) is 0.523. The maximum atomic E-state index is 12.7. The summed E-state index contributed by atoms with van der Waals surface area (Å²) >= 11 is 3.48. The molecule has 5 nitrogen and oxygen atoms in total. The molecule has 2 aliphatic heterocycles. The van der Waals surface area contributed by atoms with Crippen molar-refractivity contribution in [1.82, 2.24) is 10.6 Å². The number of amides is 1. The highest BCUT2D eigenvalue weighted by Gasteiger charge is 2.54. The number of carbonyl (C=O) groups is 1. The van der Waals surface area contributed by atoms with Gasteiger partial charge in [-0.05, 0) is 45.9 Å². The average molecular weight is 366 g/mol. The van der Waals surface area contributed by atoms with E-state index in [1.807, 2.05) is 45.9 Å². The van der Waals surface area contributed by atoms with Crippen molar-refractivity contribution in [2.75, 3.05) is 0 Å². The van der Waals surface area contributed by atoms with E-state index in [-0.39, 0.29) is 11.9 Å². The number of ether oxygens (including phenoxy) is 1. The van der Waals surface area contributed by atoms with E-state index >= 15 is 0 Å². The predicted octanol–water partition coefficient (Wildman–Crippen LogP) is 2.69. The van der Waals surface area contributed by atoms with Gasteiger partial charge in [-0.2, -0.15) is 4.99 Å². The van der Waals surface area contributed by atoms with Gasteiger partial charge in [-0.3, -0.25) is 4.79 Å². The fourth-order valence-electron chi connectivity index (χ4n) is 3.12. The van der Waals surface area contributed by atoms with E-state index in [9.17, 15) is 4.79 Å². The Morgan fingerprint density at radius 3 is 2.82 bits per heavy atom. The zero-order valence-electron chi connectivity index (χ0n) is 13.2. The molecule has 1 amide bonds. The van der Waals surface area contributed by atoms with Crippen molar-refractivity contribution in [2.24, 2.45) is 4.99 Å². The van der Waals surface area contributed by atoms with Gasteiger partial charge in [0.05, 0.1) is 0 Å². The van der Waals surface area contributed by atoms with E-state index in [1.54, 1.807) is 0 Å². The number of rotatable bonds is 1. The zero-order chi connectivity index (χ0) is 16.1. The summed E-state index contributed by atoms with van der Waals surface area (Å²) in [5, 5.41) is 6.50. The van der Waals surface area contributed by atoms with Gasteiger partial charge in [0.2, 0.25) is 5.96 Å². The molecule has 1 atom stereocenters. The molecule has 0 saturated carbocycles. The topological polar surface area (TPSA) is 62.7 Å². The summed E-state index contributed by atoms with van der Waals surface area (Å²) in [5.41, 5.74) is -0.486. The lowest BCUT2D eigenvalue weighted by Crippen LogP contribution is -2.56. The molecule has 0 aromatic heterocycles. The van der Waals surface area contributed by atoms with E-state index in [4.69, 9.17) is 4.74 Å². The Labute approximate surface area is 138 Å². The molecule has 0 radical (unpaired) electrons. The molecule has 22 heavy (non-hydrogen) atoms. The summed E-state index contributed by atoms with van der Waals surface area (Å²) in [7, 11) is 0. The first-order valence-electron chi connectivity index (χ1n) is 7.39. The van der Waals surface area contributed by atoms with Crippen molar-refractivity contribution in [3.8, 4) is 5.75 Å². The van der Waals surface area contributed by atoms with Crippen LogP contribution in [0.4, 0.5) is 0 Å². The molecular formula is C16H20BrN3O2. The van der Waals surface area contributed by atoms with Crippen LogP contribution in [-0.4, -0.2) is 23.5 Å². The van der Waals surface area contributed by atoms with Crippen molar-refractivity contribution < 1.29 is 9.53 Å². The Balaban J connectivity index is 2.07. The van der Waals surface area contributed by atoms with Gasteiger partial charge in [0.1, 0.15) is 11.4 Å². The molecule has 118 valence electrons. The smallest absolute Gasteiger partial charge is 0.279 e. The Bertz CT molecular complexity index is 669. The molecule has 2 N–H and O–H groups in total. The second-order valence-electron chi connectivity index (χ2n) is 6.77. The minimum Gasteiger partial charge on any atom is -0.487 e. The normalized spacial score (nSPS) is 25.5. The highest BCUT2D eigenvalue weighted by atomic mass is 79.9. The van der Waals surface area contributed by atoms with Crippen LogP contribution in [0.5, 0.6) is 5.75 Å². The van der Waals surface area contributed by atoms with Crippen molar-refractivity contribution in [2.45, 2.75) is 51.3 Å².